The zero-order chi connectivity index (χ0) is 17.5. The average molecular weight is 331 g/mol. The number of benzene rings is 1. The lowest BCUT2D eigenvalue weighted by Gasteiger charge is -2.13. The van der Waals surface area contributed by atoms with Crippen molar-refractivity contribution in [3.63, 3.8) is 0 Å². The van der Waals surface area contributed by atoms with Gasteiger partial charge in [0, 0.05) is 12.7 Å². The van der Waals surface area contributed by atoms with Crippen LogP contribution in [0, 0.1) is 12.7 Å². The summed E-state index contributed by atoms with van der Waals surface area (Å²) >= 11 is 0. The van der Waals surface area contributed by atoms with Gasteiger partial charge in [-0.3, -0.25) is 9.78 Å². The number of nitrogens with zero attached hydrogens (tertiary/aromatic N) is 2. The highest BCUT2D eigenvalue weighted by molar-refractivity contribution is 5.90. The van der Waals surface area contributed by atoms with Crippen molar-refractivity contribution >= 4 is 11.9 Å². The third-order valence-corrected chi connectivity index (χ3v) is 3.27. The van der Waals surface area contributed by atoms with Crippen LogP contribution in [0.2, 0.25) is 0 Å². The molecule has 0 unspecified atom stereocenters. The number of rotatable bonds is 6. The van der Waals surface area contributed by atoms with E-state index in [2.05, 4.69) is 15.3 Å². The number of esters is 1. The highest BCUT2D eigenvalue weighted by Gasteiger charge is 2.19. The maximum atomic E-state index is 12.8. The molecule has 1 atom stereocenters. The van der Waals surface area contributed by atoms with E-state index < -0.39 is 18.0 Å². The molecular formula is C17H18FN3O3. The summed E-state index contributed by atoms with van der Waals surface area (Å²) in [7, 11) is 0. The molecule has 7 heteroatoms. The number of amides is 1. The fourth-order valence-corrected chi connectivity index (χ4v) is 1.90. The Bertz CT molecular complexity index is 702. The van der Waals surface area contributed by atoms with E-state index in [1.807, 2.05) is 0 Å². The van der Waals surface area contributed by atoms with Crippen molar-refractivity contribution in [2.75, 3.05) is 6.54 Å². The Balaban J connectivity index is 1.78. The molecule has 0 saturated carbocycles. The van der Waals surface area contributed by atoms with Crippen LogP contribution in [0.15, 0.2) is 36.7 Å². The van der Waals surface area contributed by atoms with Crippen molar-refractivity contribution in [3.8, 4) is 0 Å². The number of aromatic nitrogens is 2. The van der Waals surface area contributed by atoms with Crippen LogP contribution in [-0.2, 0) is 16.0 Å². The van der Waals surface area contributed by atoms with Gasteiger partial charge in [-0.15, -0.1) is 0 Å². The maximum absolute atomic E-state index is 12.8. The number of halogens is 1. The summed E-state index contributed by atoms with van der Waals surface area (Å²) < 4.78 is 17.9. The van der Waals surface area contributed by atoms with Crippen LogP contribution in [0.25, 0.3) is 0 Å². The Hall–Kier alpha value is -2.83. The van der Waals surface area contributed by atoms with E-state index in [1.165, 1.54) is 31.5 Å². The van der Waals surface area contributed by atoms with Gasteiger partial charge in [-0.2, -0.15) is 0 Å². The molecule has 2 aromatic rings. The molecule has 24 heavy (non-hydrogen) atoms. The van der Waals surface area contributed by atoms with E-state index in [0.29, 0.717) is 18.7 Å². The van der Waals surface area contributed by atoms with E-state index in [0.717, 1.165) is 5.56 Å². The van der Waals surface area contributed by atoms with Gasteiger partial charge in [-0.25, -0.2) is 14.2 Å². The van der Waals surface area contributed by atoms with Crippen molar-refractivity contribution < 1.29 is 18.7 Å². The van der Waals surface area contributed by atoms with Crippen LogP contribution in [0.3, 0.4) is 0 Å². The summed E-state index contributed by atoms with van der Waals surface area (Å²) in [5, 5.41) is 2.67. The highest BCUT2D eigenvalue weighted by Crippen LogP contribution is 2.04. The zero-order valence-electron chi connectivity index (χ0n) is 13.5. The van der Waals surface area contributed by atoms with Crippen molar-refractivity contribution in [3.05, 3.63) is 59.4 Å². The molecule has 0 spiro atoms. The van der Waals surface area contributed by atoms with E-state index in [4.69, 9.17) is 4.74 Å². The van der Waals surface area contributed by atoms with Crippen LogP contribution >= 0.6 is 0 Å². The zero-order valence-corrected chi connectivity index (χ0v) is 13.5. The molecule has 0 saturated heterocycles. The monoisotopic (exact) mass is 331 g/mol. The predicted molar refractivity (Wildman–Crippen MR) is 84.8 cm³/mol. The van der Waals surface area contributed by atoms with E-state index in [9.17, 15) is 14.0 Å². The Morgan fingerprint density at radius 1 is 1.21 bits per heavy atom. The number of ether oxygens (including phenoxy) is 1. The summed E-state index contributed by atoms with van der Waals surface area (Å²) in [5.74, 6) is -1.42. The van der Waals surface area contributed by atoms with Gasteiger partial charge in [0.1, 0.15) is 5.82 Å². The van der Waals surface area contributed by atoms with Gasteiger partial charge in [0.2, 0.25) is 0 Å². The second-order valence-corrected chi connectivity index (χ2v) is 5.26. The second kappa shape index (κ2) is 8.14. The number of carbonyl (C=O) groups is 2. The molecule has 1 amide bonds. The predicted octanol–water partition coefficient (Wildman–Crippen LogP) is 1.83. The van der Waals surface area contributed by atoms with Gasteiger partial charge in [0.15, 0.2) is 11.8 Å². The average Bonchev–Trinajstić information content (AvgIpc) is 2.57. The number of carbonyl (C=O) groups excluding carboxylic acids is 2. The molecule has 126 valence electrons. The Morgan fingerprint density at radius 2 is 1.92 bits per heavy atom. The van der Waals surface area contributed by atoms with Crippen LogP contribution < -0.4 is 5.32 Å². The first-order valence-corrected chi connectivity index (χ1v) is 7.47. The molecule has 0 aliphatic rings. The quantitative estimate of drug-likeness (QED) is 0.817. The normalized spacial score (nSPS) is 11.6. The summed E-state index contributed by atoms with van der Waals surface area (Å²) in [4.78, 5) is 31.6. The minimum absolute atomic E-state index is 0.0477. The number of aryl methyl sites for hydroxylation is 1. The Morgan fingerprint density at radius 3 is 2.54 bits per heavy atom. The Labute approximate surface area is 139 Å². The molecule has 1 heterocycles. The molecule has 1 N–H and O–H groups in total. The van der Waals surface area contributed by atoms with Crippen molar-refractivity contribution in [2.45, 2.75) is 26.4 Å². The first kappa shape index (κ1) is 17.5. The van der Waals surface area contributed by atoms with Crippen LogP contribution in [-0.4, -0.2) is 34.5 Å². The lowest BCUT2D eigenvalue weighted by Crippen LogP contribution is -2.37. The highest BCUT2D eigenvalue weighted by atomic mass is 19.1. The largest absolute Gasteiger partial charge is 0.448 e. The molecule has 0 fully saturated rings. The van der Waals surface area contributed by atoms with Gasteiger partial charge in [0.25, 0.3) is 5.91 Å². The first-order chi connectivity index (χ1) is 11.5. The summed E-state index contributed by atoms with van der Waals surface area (Å²) in [6.07, 6.45) is 2.35. The second-order valence-electron chi connectivity index (χ2n) is 5.26. The van der Waals surface area contributed by atoms with Crippen molar-refractivity contribution in [1.82, 2.24) is 15.3 Å². The number of hydrogen-bond acceptors (Lipinski definition) is 5. The van der Waals surface area contributed by atoms with Crippen LogP contribution in [0.5, 0.6) is 0 Å². The smallest absolute Gasteiger partial charge is 0.359 e. The van der Waals surface area contributed by atoms with Gasteiger partial charge in [-0.1, -0.05) is 12.1 Å². The fraction of sp³-hybridized carbons (Fsp3) is 0.294. The number of hydrogen-bond donors (Lipinski definition) is 1. The molecule has 2 rings (SSSR count). The van der Waals surface area contributed by atoms with Gasteiger partial charge < -0.3 is 10.1 Å². The molecule has 1 aromatic heterocycles. The minimum atomic E-state index is -0.950. The minimum Gasteiger partial charge on any atom is -0.448 e. The first-order valence-electron chi connectivity index (χ1n) is 7.47. The molecule has 1 aromatic carbocycles. The molecule has 0 aliphatic heterocycles. The summed E-state index contributed by atoms with van der Waals surface area (Å²) in [6, 6.07) is 6.04. The van der Waals surface area contributed by atoms with Crippen molar-refractivity contribution in [1.29, 1.82) is 0 Å². The SMILES string of the molecule is Cc1cnc(C(=O)O[C@@H](C)C(=O)NCCc2ccc(F)cc2)cn1. The van der Waals surface area contributed by atoms with Crippen LogP contribution in [0.4, 0.5) is 4.39 Å². The van der Waals surface area contributed by atoms with Gasteiger partial charge >= 0.3 is 5.97 Å². The summed E-state index contributed by atoms with van der Waals surface area (Å²) in [6.45, 7) is 3.59. The summed E-state index contributed by atoms with van der Waals surface area (Å²) in [5.41, 5.74) is 1.63. The Kier molecular flexibility index (Phi) is 5.95. The third-order valence-electron chi connectivity index (χ3n) is 3.27. The third kappa shape index (κ3) is 5.12. The van der Waals surface area contributed by atoms with Gasteiger partial charge in [-0.05, 0) is 38.0 Å². The number of nitrogens with one attached hydrogen (secondary N) is 1. The standard InChI is InChI=1S/C17H18FN3O3/c1-11-9-21-15(10-20-11)17(23)24-12(2)16(22)19-8-7-13-3-5-14(18)6-4-13/h3-6,9-10,12H,7-8H2,1-2H3,(H,19,22)/t12-/m0/s1. The maximum Gasteiger partial charge on any atom is 0.359 e. The molecule has 6 nitrogen and oxygen atoms in total. The lowest BCUT2D eigenvalue weighted by atomic mass is 10.1. The van der Waals surface area contributed by atoms with Crippen molar-refractivity contribution in [2.24, 2.45) is 0 Å². The molecular weight excluding hydrogens is 313 g/mol. The fourth-order valence-electron chi connectivity index (χ4n) is 1.90. The van der Waals surface area contributed by atoms with E-state index in [1.54, 1.807) is 19.1 Å². The molecule has 0 radical (unpaired) electrons. The van der Waals surface area contributed by atoms with E-state index in [-0.39, 0.29) is 11.5 Å². The topological polar surface area (TPSA) is 81.2 Å². The molecule has 0 aliphatic carbocycles. The van der Waals surface area contributed by atoms with E-state index >= 15 is 0 Å². The molecule has 0 bridgehead atoms. The van der Waals surface area contributed by atoms with Gasteiger partial charge in [0.05, 0.1) is 11.9 Å². The lowest BCUT2D eigenvalue weighted by molar-refractivity contribution is -0.129. The van der Waals surface area contributed by atoms with Crippen LogP contribution in [0.1, 0.15) is 28.7 Å².